The Hall–Kier alpha value is -0.780. The van der Waals surface area contributed by atoms with Crippen LogP contribution in [0.1, 0.15) is 32.4 Å². The second-order valence-corrected chi connectivity index (χ2v) is 5.36. The van der Waals surface area contributed by atoms with Gasteiger partial charge in [0.1, 0.15) is 0 Å². The molecule has 1 rings (SSSR count). The third-order valence-corrected chi connectivity index (χ3v) is 3.00. The summed E-state index contributed by atoms with van der Waals surface area (Å²) in [7, 11) is 0. The molecule has 2 atom stereocenters. The van der Waals surface area contributed by atoms with Gasteiger partial charge in [-0.15, -0.1) is 0 Å². The number of rotatable bonds is 6. The lowest BCUT2D eigenvalue weighted by Gasteiger charge is -2.25. The van der Waals surface area contributed by atoms with Crippen LogP contribution >= 0.6 is 11.6 Å². The molecule has 0 bridgehead atoms. The van der Waals surface area contributed by atoms with E-state index in [1.807, 2.05) is 13.8 Å². The number of alkyl halides is 3. The fourth-order valence-electron chi connectivity index (χ4n) is 1.62. The third-order valence-electron chi connectivity index (χ3n) is 2.76. The van der Waals surface area contributed by atoms with Crippen molar-refractivity contribution >= 4 is 11.6 Å². The van der Waals surface area contributed by atoms with Crippen molar-refractivity contribution < 1.29 is 17.9 Å². The first-order valence-corrected chi connectivity index (χ1v) is 6.79. The van der Waals surface area contributed by atoms with Crippen LogP contribution in [0.2, 0.25) is 5.02 Å². The van der Waals surface area contributed by atoms with Gasteiger partial charge in [0.05, 0.1) is 6.10 Å². The first-order chi connectivity index (χ1) is 9.20. The number of benzene rings is 1. The zero-order chi connectivity index (χ0) is 15.3. The lowest BCUT2D eigenvalue weighted by molar-refractivity contribution is -0.227. The molecule has 0 aliphatic carbocycles. The number of ether oxygens (including phenoxy) is 1. The van der Waals surface area contributed by atoms with Crippen molar-refractivity contribution in [1.82, 2.24) is 5.32 Å². The van der Waals surface area contributed by atoms with E-state index in [1.54, 1.807) is 24.3 Å². The molecule has 0 radical (unpaired) electrons. The van der Waals surface area contributed by atoms with E-state index in [9.17, 15) is 13.2 Å². The predicted octanol–water partition coefficient (Wildman–Crippen LogP) is 4.35. The summed E-state index contributed by atoms with van der Waals surface area (Å²) in [4.78, 5) is 0. The quantitative estimate of drug-likeness (QED) is 0.843. The summed E-state index contributed by atoms with van der Waals surface area (Å²) in [5, 5.41) is 3.56. The average Bonchev–Trinajstić information content (AvgIpc) is 2.32. The molecule has 20 heavy (non-hydrogen) atoms. The molecule has 0 spiro atoms. The lowest BCUT2D eigenvalue weighted by atomic mass is 10.1. The van der Waals surface area contributed by atoms with Gasteiger partial charge in [-0.1, -0.05) is 37.6 Å². The number of hydrogen-bond donors (Lipinski definition) is 1. The number of nitrogens with one attached hydrogen (secondary N) is 1. The Labute approximate surface area is 122 Å². The van der Waals surface area contributed by atoms with Crippen LogP contribution in [0.15, 0.2) is 24.3 Å². The van der Waals surface area contributed by atoms with Crippen molar-refractivity contribution in [2.75, 3.05) is 6.54 Å². The standard InChI is InChI=1S/C14H19ClF3NO/c1-9(2)19-8-13(20-10(3)14(16,17)18)11-5-4-6-12(15)7-11/h4-7,9-10,13,19H,8H2,1-3H3. The smallest absolute Gasteiger partial charge is 0.360 e. The monoisotopic (exact) mass is 309 g/mol. The highest BCUT2D eigenvalue weighted by Gasteiger charge is 2.38. The highest BCUT2D eigenvalue weighted by molar-refractivity contribution is 6.30. The molecular weight excluding hydrogens is 291 g/mol. The summed E-state index contributed by atoms with van der Waals surface area (Å²) >= 11 is 5.88. The molecule has 2 unspecified atom stereocenters. The van der Waals surface area contributed by atoms with Gasteiger partial charge in [-0.2, -0.15) is 13.2 Å². The Kier molecular flexibility index (Phi) is 6.30. The van der Waals surface area contributed by atoms with E-state index in [1.165, 1.54) is 0 Å². The molecule has 1 aromatic rings. The van der Waals surface area contributed by atoms with Gasteiger partial charge >= 0.3 is 6.18 Å². The Morgan fingerprint density at radius 3 is 2.40 bits per heavy atom. The Morgan fingerprint density at radius 1 is 1.25 bits per heavy atom. The average molecular weight is 310 g/mol. The van der Waals surface area contributed by atoms with Crippen LogP contribution in [-0.4, -0.2) is 24.9 Å². The van der Waals surface area contributed by atoms with Crippen LogP contribution in [0, 0.1) is 0 Å². The zero-order valence-corrected chi connectivity index (χ0v) is 12.4. The normalized spacial score (nSPS) is 15.4. The van der Waals surface area contributed by atoms with Gasteiger partial charge in [0.15, 0.2) is 6.10 Å². The predicted molar refractivity (Wildman–Crippen MR) is 73.9 cm³/mol. The fraction of sp³-hybridized carbons (Fsp3) is 0.571. The molecule has 0 aliphatic rings. The molecule has 114 valence electrons. The first kappa shape index (κ1) is 17.3. The molecule has 0 saturated heterocycles. The van der Waals surface area contributed by atoms with Crippen LogP contribution < -0.4 is 5.32 Å². The van der Waals surface area contributed by atoms with Crippen LogP contribution in [0.3, 0.4) is 0 Å². The van der Waals surface area contributed by atoms with Gasteiger partial charge in [0.2, 0.25) is 0 Å². The summed E-state index contributed by atoms with van der Waals surface area (Å²) in [6.45, 7) is 5.13. The van der Waals surface area contributed by atoms with E-state index in [2.05, 4.69) is 5.32 Å². The summed E-state index contributed by atoms with van der Waals surface area (Å²) < 4.78 is 43.1. The van der Waals surface area contributed by atoms with E-state index >= 15 is 0 Å². The molecule has 0 amide bonds. The molecular formula is C14H19ClF3NO. The zero-order valence-electron chi connectivity index (χ0n) is 11.7. The van der Waals surface area contributed by atoms with Gasteiger partial charge in [-0.3, -0.25) is 0 Å². The molecule has 0 aliphatic heterocycles. The Balaban J connectivity index is 2.85. The highest BCUT2D eigenvalue weighted by Crippen LogP contribution is 2.29. The molecule has 0 fully saturated rings. The first-order valence-electron chi connectivity index (χ1n) is 6.41. The van der Waals surface area contributed by atoms with Crippen molar-refractivity contribution in [1.29, 1.82) is 0 Å². The molecule has 1 N–H and O–H groups in total. The van der Waals surface area contributed by atoms with Crippen LogP contribution in [-0.2, 0) is 4.74 Å². The third kappa shape index (κ3) is 5.69. The molecule has 2 nitrogen and oxygen atoms in total. The topological polar surface area (TPSA) is 21.3 Å². The van der Waals surface area contributed by atoms with E-state index < -0.39 is 18.4 Å². The minimum Gasteiger partial charge on any atom is -0.360 e. The second-order valence-electron chi connectivity index (χ2n) is 4.93. The van der Waals surface area contributed by atoms with Crippen molar-refractivity contribution in [3.63, 3.8) is 0 Å². The van der Waals surface area contributed by atoms with Crippen molar-refractivity contribution in [2.24, 2.45) is 0 Å². The molecule has 0 aromatic heterocycles. The number of hydrogen-bond acceptors (Lipinski definition) is 2. The van der Waals surface area contributed by atoms with Crippen LogP contribution in [0.4, 0.5) is 13.2 Å². The molecule has 6 heteroatoms. The van der Waals surface area contributed by atoms with Gasteiger partial charge < -0.3 is 10.1 Å². The fourth-order valence-corrected chi connectivity index (χ4v) is 1.82. The second kappa shape index (κ2) is 7.29. The SMILES string of the molecule is CC(C)NCC(OC(C)C(F)(F)F)c1cccc(Cl)c1. The van der Waals surface area contributed by atoms with Gasteiger partial charge in [0, 0.05) is 17.6 Å². The summed E-state index contributed by atoms with van der Waals surface area (Å²) in [6, 6.07) is 6.85. The maximum Gasteiger partial charge on any atom is 0.414 e. The Morgan fingerprint density at radius 2 is 1.90 bits per heavy atom. The van der Waals surface area contributed by atoms with Gasteiger partial charge in [0.25, 0.3) is 0 Å². The summed E-state index contributed by atoms with van der Waals surface area (Å²) in [6.07, 6.45) is -6.91. The van der Waals surface area contributed by atoms with E-state index in [0.29, 0.717) is 17.1 Å². The van der Waals surface area contributed by atoms with Crippen LogP contribution in [0.25, 0.3) is 0 Å². The maximum atomic E-state index is 12.6. The van der Waals surface area contributed by atoms with E-state index in [-0.39, 0.29) is 6.04 Å². The summed E-state index contributed by atoms with van der Waals surface area (Å²) in [5.74, 6) is 0. The van der Waals surface area contributed by atoms with E-state index in [0.717, 1.165) is 6.92 Å². The van der Waals surface area contributed by atoms with E-state index in [4.69, 9.17) is 16.3 Å². The van der Waals surface area contributed by atoms with Gasteiger partial charge in [-0.05, 0) is 24.6 Å². The van der Waals surface area contributed by atoms with Gasteiger partial charge in [-0.25, -0.2) is 0 Å². The maximum absolute atomic E-state index is 12.6. The van der Waals surface area contributed by atoms with Crippen LogP contribution in [0.5, 0.6) is 0 Å². The highest BCUT2D eigenvalue weighted by atomic mass is 35.5. The van der Waals surface area contributed by atoms with Crippen molar-refractivity contribution in [2.45, 2.75) is 45.2 Å². The largest absolute Gasteiger partial charge is 0.414 e. The molecule has 0 heterocycles. The Bertz CT molecular complexity index is 423. The summed E-state index contributed by atoms with van der Waals surface area (Å²) in [5.41, 5.74) is 0.627. The van der Waals surface area contributed by atoms with Crippen molar-refractivity contribution in [3.8, 4) is 0 Å². The minimum absolute atomic E-state index is 0.154. The lowest BCUT2D eigenvalue weighted by Crippen LogP contribution is -2.35. The number of halogens is 4. The molecule has 1 aromatic carbocycles. The van der Waals surface area contributed by atoms with Crippen molar-refractivity contribution in [3.05, 3.63) is 34.9 Å². The minimum atomic E-state index is -4.38. The molecule has 0 saturated carbocycles.